The van der Waals surface area contributed by atoms with E-state index in [9.17, 15) is 18.0 Å². The second kappa shape index (κ2) is 5.72. The molecule has 0 radical (unpaired) electrons. The van der Waals surface area contributed by atoms with E-state index >= 15 is 0 Å². The number of benzene rings is 1. The summed E-state index contributed by atoms with van der Waals surface area (Å²) < 4.78 is 39.4. The Hall–Kier alpha value is -1.76. The zero-order valence-corrected chi connectivity index (χ0v) is 9.62. The Morgan fingerprint density at radius 3 is 2.39 bits per heavy atom. The van der Waals surface area contributed by atoms with Crippen molar-refractivity contribution in [3.63, 3.8) is 0 Å². The van der Waals surface area contributed by atoms with Crippen molar-refractivity contribution in [3.8, 4) is 5.75 Å². The average Bonchev–Trinajstić information content (AvgIpc) is 2.28. The number of nitrogens with one attached hydrogen (secondary N) is 1. The summed E-state index contributed by atoms with van der Waals surface area (Å²) in [4.78, 5) is 11.4. The van der Waals surface area contributed by atoms with Crippen LogP contribution in [0.25, 0.3) is 0 Å². The number of hydrogen-bond donors (Lipinski definition) is 2. The Bertz CT molecular complexity index is 404. The van der Waals surface area contributed by atoms with Gasteiger partial charge in [-0.3, -0.25) is 4.79 Å². The van der Waals surface area contributed by atoms with E-state index in [1.165, 1.54) is 12.1 Å². The lowest BCUT2D eigenvalue weighted by Crippen LogP contribution is -2.34. The number of alkyl halides is 3. The monoisotopic (exact) mass is 262 g/mol. The highest BCUT2D eigenvalue weighted by Crippen LogP contribution is 2.23. The van der Waals surface area contributed by atoms with E-state index in [2.05, 4.69) is 10.1 Å². The van der Waals surface area contributed by atoms with Gasteiger partial charge in [-0.2, -0.15) is 0 Å². The van der Waals surface area contributed by atoms with Crippen molar-refractivity contribution in [3.05, 3.63) is 24.3 Å². The number of halogens is 3. The smallest absolute Gasteiger partial charge is 0.406 e. The molecule has 1 rings (SSSR count). The predicted molar refractivity (Wildman–Crippen MR) is 60.0 cm³/mol. The summed E-state index contributed by atoms with van der Waals surface area (Å²) in [6.07, 6.45) is -4.25. The fourth-order valence-electron chi connectivity index (χ4n) is 1.16. The zero-order valence-electron chi connectivity index (χ0n) is 9.62. The molecule has 0 unspecified atom stereocenters. The van der Waals surface area contributed by atoms with Crippen molar-refractivity contribution in [2.45, 2.75) is 25.7 Å². The van der Waals surface area contributed by atoms with Gasteiger partial charge in [0.15, 0.2) is 0 Å². The molecule has 0 aliphatic rings. The summed E-state index contributed by atoms with van der Waals surface area (Å²) in [5.74, 6) is -0.734. The molecule has 1 amide bonds. The van der Waals surface area contributed by atoms with Crippen LogP contribution in [0.1, 0.15) is 13.3 Å². The van der Waals surface area contributed by atoms with Crippen LogP contribution in [0.3, 0.4) is 0 Å². The highest BCUT2D eigenvalue weighted by atomic mass is 19.4. The molecule has 0 heterocycles. The highest BCUT2D eigenvalue weighted by molar-refractivity contribution is 5.94. The maximum absolute atomic E-state index is 11.9. The largest absolute Gasteiger partial charge is 0.573 e. The van der Waals surface area contributed by atoms with E-state index in [0.29, 0.717) is 12.1 Å². The van der Waals surface area contributed by atoms with Gasteiger partial charge in [0.25, 0.3) is 0 Å². The third-order valence-electron chi connectivity index (χ3n) is 2.13. The van der Waals surface area contributed by atoms with Crippen molar-refractivity contribution >= 4 is 11.6 Å². The second-order valence-corrected chi connectivity index (χ2v) is 3.58. The molecule has 100 valence electrons. The molecule has 3 N–H and O–H groups in total. The van der Waals surface area contributed by atoms with Crippen LogP contribution in [-0.2, 0) is 4.79 Å². The minimum Gasteiger partial charge on any atom is -0.406 e. The third kappa shape index (κ3) is 4.62. The molecule has 1 atom stereocenters. The lowest BCUT2D eigenvalue weighted by molar-refractivity contribution is -0.274. The van der Waals surface area contributed by atoms with Crippen LogP contribution < -0.4 is 15.8 Å². The first kappa shape index (κ1) is 14.3. The van der Waals surface area contributed by atoms with Gasteiger partial charge in [0.2, 0.25) is 5.91 Å². The van der Waals surface area contributed by atoms with Gasteiger partial charge in [-0.25, -0.2) is 0 Å². The summed E-state index contributed by atoms with van der Waals surface area (Å²) in [6.45, 7) is 1.75. The Labute approximate surface area is 102 Å². The van der Waals surface area contributed by atoms with Crippen LogP contribution in [0, 0.1) is 0 Å². The van der Waals surface area contributed by atoms with Crippen molar-refractivity contribution < 1.29 is 22.7 Å². The van der Waals surface area contributed by atoms with Gasteiger partial charge < -0.3 is 15.8 Å². The number of carbonyl (C=O) groups excluding carboxylic acids is 1. The van der Waals surface area contributed by atoms with Crippen molar-refractivity contribution in [1.82, 2.24) is 0 Å². The first-order valence-corrected chi connectivity index (χ1v) is 5.24. The molecule has 0 aliphatic carbocycles. The van der Waals surface area contributed by atoms with E-state index in [-0.39, 0.29) is 11.7 Å². The van der Waals surface area contributed by atoms with Gasteiger partial charge in [-0.1, -0.05) is 6.92 Å². The maximum Gasteiger partial charge on any atom is 0.573 e. The molecule has 0 bridgehead atoms. The second-order valence-electron chi connectivity index (χ2n) is 3.58. The number of rotatable bonds is 4. The third-order valence-corrected chi connectivity index (χ3v) is 2.13. The summed E-state index contributed by atoms with van der Waals surface area (Å²) in [7, 11) is 0. The topological polar surface area (TPSA) is 64.4 Å². The zero-order chi connectivity index (χ0) is 13.8. The maximum atomic E-state index is 11.9. The van der Waals surface area contributed by atoms with E-state index in [1.54, 1.807) is 6.92 Å². The van der Waals surface area contributed by atoms with E-state index in [1.807, 2.05) is 0 Å². The number of hydrogen-bond acceptors (Lipinski definition) is 3. The summed E-state index contributed by atoms with van der Waals surface area (Å²) in [6, 6.07) is 4.19. The van der Waals surface area contributed by atoms with E-state index < -0.39 is 12.4 Å². The molecule has 7 heteroatoms. The Balaban J connectivity index is 2.63. The van der Waals surface area contributed by atoms with Gasteiger partial charge in [-0.05, 0) is 30.7 Å². The number of anilines is 1. The number of amides is 1. The Morgan fingerprint density at radius 1 is 1.39 bits per heavy atom. The predicted octanol–water partition coefficient (Wildman–Crippen LogP) is 2.26. The molecule has 4 nitrogen and oxygen atoms in total. The van der Waals surface area contributed by atoms with Crippen LogP contribution in [0.2, 0.25) is 0 Å². The Kier molecular flexibility index (Phi) is 4.55. The molecule has 0 spiro atoms. The van der Waals surface area contributed by atoms with Crippen LogP contribution in [0.15, 0.2) is 24.3 Å². The quantitative estimate of drug-likeness (QED) is 0.874. The molecule has 0 aliphatic heterocycles. The summed E-state index contributed by atoms with van der Waals surface area (Å²) in [5.41, 5.74) is 5.85. The number of ether oxygens (including phenoxy) is 1. The molecule has 18 heavy (non-hydrogen) atoms. The lowest BCUT2D eigenvalue weighted by Gasteiger charge is -2.11. The molecular weight excluding hydrogens is 249 g/mol. The minimum atomic E-state index is -4.73. The van der Waals surface area contributed by atoms with Gasteiger partial charge in [-0.15, -0.1) is 13.2 Å². The van der Waals surface area contributed by atoms with Crippen LogP contribution in [-0.4, -0.2) is 18.3 Å². The first-order chi connectivity index (χ1) is 8.31. The fraction of sp³-hybridized carbons (Fsp3) is 0.364. The summed E-state index contributed by atoms with van der Waals surface area (Å²) in [5, 5.41) is 2.48. The molecule has 0 saturated carbocycles. The highest BCUT2D eigenvalue weighted by Gasteiger charge is 2.30. The van der Waals surface area contributed by atoms with Crippen LogP contribution >= 0.6 is 0 Å². The van der Waals surface area contributed by atoms with Crippen molar-refractivity contribution in [2.75, 3.05) is 5.32 Å². The molecular formula is C11H13F3N2O2. The van der Waals surface area contributed by atoms with Gasteiger partial charge in [0.05, 0.1) is 6.04 Å². The van der Waals surface area contributed by atoms with E-state index in [4.69, 9.17) is 5.73 Å². The van der Waals surface area contributed by atoms with Gasteiger partial charge in [0, 0.05) is 5.69 Å². The summed E-state index contributed by atoms with van der Waals surface area (Å²) >= 11 is 0. The number of carbonyl (C=O) groups is 1. The van der Waals surface area contributed by atoms with Crippen molar-refractivity contribution in [2.24, 2.45) is 5.73 Å². The van der Waals surface area contributed by atoms with Gasteiger partial charge >= 0.3 is 6.36 Å². The molecule has 1 aromatic carbocycles. The Morgan fingerprint density at radius 2 is 1.94 bits per heavy atom. The molecule has 1 aromatic rings. The fourth-order valence-corrected chi connectivity index (χ4v) is 1.16. The minimum absolute atomic E-state index is 0.347. The first-order valence-electron chi connectivity index (χ1n) is 5.24. The average molecular weight is 262 g/mol. The number of nitrogens with two attached hydrogens (primary N) is 1. The van der Waals surface area contributed by atoms with Gasteiger partial charge in [0.1, 0.15) is 5.75 Å². The normalized spacial score (nSPS) is 12.9. The van der Waals surface area contributed by atoms with E-state index in [0.717, 1.165) is 12.1 Å². The van der Waals surface area contributed by atoms with Crippen molar-refractivity contribution in [1.29, 1.82) is 0 Å². The lowest BCUT2D eigenvalue weighted by atomic mass is 10.2. The van der Waals surface area contributed by atoms with Crippen LogP contribution in [0.4, 0.5) is 18.9 Å². The van der Waals surface area contributed by atoms with Crippen LogP contribution in [0.5, 0.6) is 5.75 Å². The molecule has 0 fully saturated rings. The SMILES string of the molecule is CC[C@H](N)C(=O)Nc1ccc(OC(F)(F)F)cc1. The standard InChI is InChI=1S/C11H13F3N2O2/c1-2-9(15)10(17)16-7-3-5-8(6-4-7)18-11(12,13)14/h3-6,9H,2,15H2,1H3,(H,16,17)/t9-/m0/s1. The molecule has 0 saturated heterocycles. The molecule has 0 aromatic heterocycles.